The average Bonchev–Trinajstić information content (AvgIpc) is 2.84. The van der Waals surface area contributed by atoms with E-state index < -0.39 is 10.0 Å². The van der Waals surface area contributed by atoms with Crippen molar-refractivity contribution < 1.29 is 17.9 Å². The van der Waals surface area contributed by atoms with E-state index in [1.165, 1.54) is 4.31 Å². The monoisotopic (exact) mass is 464 g/mol. The van der Waals surface area contributed by atoms with Crippen LogP contribution in [-0.4, -0.2) is 37.8 Å². The topological polar surface area (TPSA) is 75.7 Å². The van der Waals surface area contributed by atoms with Gasteiger partial charge in [0, 0.05) is 19.1 Å². The molecule has 0 saturated carbocycles. The van der Waals surface area contributed by atoms with Gasteiger partial charge in [0.15, 0.2) is 0 Å². The van der Waals surface area contributed by atoms with E-state index in [1.807, 2.05) is 43.3 Å². The molecular weight excluding hydrogens is 436 g/mol. The molecule has 6 nitrogen and oxygen atoms in total. The number of rotatable bonds is 7. The van der Waals surface area contributed by atoms with Crippen LogP contribution < -0.4 is 10.1 Å². The summed E-state index contributed by atoms with van der Waals surface area (Å²) in [6.45, 7) is 3.04. The van der Waals surface area contributed by atoms with Crippen LogP contribution in [0.25, 0.3) is 0 Å². The number of para-hydroxylation sites is 1. The molecule has 3 aromatic rings. The molecule has 33 heavy (non-hydrogen) atoms. The molecule has 7 heteroatoms. The quantitative estimate of drug-likeness (QED) is 0.570. The third kappa shape index (κ3) is 5.61. The number of benzene rings is 3. The van der Waals surface area contributed by atoms with Gasteiger partial charge in [0.05, 0.1) is 10.5 Å². The smallest absolute Gasteiger partial charge is 0.255 e. The van der Waals surface area contributed by atoms with E-state index in [2.05, 4.69) is 5.32 Å². The summed E-state index contributed by atoms with van der Waals surface area (Å²) in [6, 6.07) is 23.8. The van der Waals surface area contributed by atoms with Crippen LogP contribution in [0.4, 0.5) is 0 Å². The first-order valence-corrected chi connectivity index (χ1v) is 12.5. The summed E-state index contributed by atoms with van der Waals surface area (Å²) in [5, 5.41) is 3.05. The van der Waals surface area contributed by atoms with Crippen molar-refractivity contribution in [2.24, 2.45) is 0 Å². The van der Waals surface area contributed by atoms with Crippen molar-refractivity contribution in [3.8, 4) is 5.75 Å². The van der Waals surface area contributed by atoms with E-state index >= 15 is 0 Å². The average molecular weight is 465 g/mol. The molecule has 1 aliphatic rings. The van der Waals surface area contributed by atoms with E-state index in [9.17, 15) is 13.2 Å². The normalized spacial score (nSPS) is 15.2. The van der Waals surface area contributed by atoms with E-state index in [4.69, 9.17) is 4.74 Å². The van der Waals surface area contributed by atoms with Crippen LogP contribution in [-0.2, 0) is 16.6 Å². The molecule has 4 rings (SSSR count). The van der Waals surface area contributed by atoms with Gasteiger partial charge in [-0.15, -0.1) is 0 Å². The molecule has 1 saturated heterocycles. The molecule has 172 valence electrons. The Balaban J connectivity index is 1.35. The number of carbonyl (C=O) groups is 1. The van der Waals surface area contributed by atoms with Crippen LogP contribution >= 0.6 is 0 Å². The SMILES string of the molecule is Cc1ccc(S(=O)(=O)N2CCC(NC(=O)c3ccccc3OCc3ccccc3)CC2)cc1. The summed E-state index contributed by atoms with van der Waals surface area (Å²) >= 11 is 0. The second-order valence-electron chi connectivity index (χ2n) is 8.24. The zero-order chi connectivity index (χ0) is 23.3. The van der Waals surface area contributed by atoms with Gasteiger partial charge in [-0.2, -0.15) is 4.31 Å². The predicted octanol–water partition coefficient (Wildman–Crippen LogP) is 4.16. The summed E-state index contributed by atoms with van der Waals surface area (Å²) in [5.74, 6) is 0.316. The highest BCUT2D eigenvalue weighted by atomic mass is 32.2. The lowest BCUT2D eigenvalue weighted by Gasteiger charge is -2.31. The Bertz CT molecular complexity index is 1190. The van der Waals surface area contributed by atoms with Crippen molar-refractivity contribution in [3.05, 3.63) is 95.6 Å². The summed E-state index contributed by atoms with van der Waals surface area (Å²) < 4.78 is 33.2. The van der Waals surface area contributed by atoms with Gasteiger partial charge in [0.2, 0.25) is 10.0 Å². The molecule has 1 aliphatic heterocycles. The summed E-state index contributed by atoms with van der Waals surface area (Å²) in [6.07, 6.45) is 1.12. The number of hydrogen-bond acceptors (Lipinski definition) is 4. The molecule has 0 spiro atoms. The van der Waals surface area contributed by atoms with Gasteiger partial charge >= 0.3 is 0 Å². The van der Waals surface area contributed by atoms with Crippen LogP contribution in [0, 0.1) is 6.92 Å². The maximum Gasteiger partial charge on any atom is 0.255 e. The Hall–Kier alpha value is -3.16. The molecule has 0 unspecified atom stereocenters. The number of hydrogen-bond donors (Lipinski definition) is 1. The zero-order valence-electron chi connectivity index (χ0n) is 18.6. The highest BCUT2D eigenvalue weighted by molar-refractivity contribution is 7.89. The van der Waals surface area contributed by atoms with Gasteiger partial charge < -0.3 is 10.1 Å². The van der Waals surface area contributed by atoms with Crippen molar-refractivity contribution in [1.82, 2.24) is 9.62 Å². The van der Waals surface area contributed by atoms with Gasteiger partial charge in [-0.25, -0.2) is 8.42 Å². The minimum Gasteiger partial charge on any atom is -0.488 e. The minimum atomic E-state index is -3.52. The minimum absolute atomic E-state index is 0.0934. The Morgan fingerprint density at radius 3 is 2.27 bits per heavy atom. The molecule has 1 heterocycles. The third-order valence-electron chi connectivity index (χ3n) is 5.82. The fourth-order valence-corrected chi connectivity index (χ4v) is 5.35. The van der Waals surface area contributed by atoms with E-state index in [0.29, 0.717) is 48.7 Å². The second-order valence-corrected chi connectivity index (χ2v) is 10.2. The third-order valence-corrected chi connectivity index (χ3v) is 7.73. The van der Waals surface area contributed by atoms with E-state index in [-0.39, 0.29) is 11.9 Å². The Morgan fingerprint density at radius 1 is 0.939 bits per heavy atom. The second kappa shape index (κ2) is 10.2. The maximum atomic E-state index is 13.0. The van der Waals surface area contributed by atoms with Crippen LogP contribution in [0.3, 0.4) is 0 Å². The number of nitrogens with zero attached hydrogens (tertiary/aromatic N) is 1. The number of sulfonamides is 1. The number of aryl methyl sites for hydroxylation is 1. The van der Waals surface area contributed by atoms with Crippen LogP contribution in [0.15, 0.2) is 83.8 Å². The Kier molecular flexibility index (Phi) is 7.11. The molecule has 0 bridgehead atoms. The van der Waals surface area contributed by atoms with Gasteiger partial charge in [-0.3, -0.25) is 4.79 Å². The highest BCUT2D eigenvalue weighted by Gasteiger charge is 2.30. The molecule has 0 aromatic heterocycles. The van der Waals surface area contributed by atoms with Crippen LogP contribution in [0.2, 0.25) is 0 Å². The molecular formula is C26H28N2O4S. The van der Waals surface area contributed by atoms with Crippen molar-refractivity contribution in [2.75, 3.05) is 13.1 Å². The lowest BCUT2D eigenvalue weighted by Crippen LogP contribution is -2.46. The summed E-state index contributed by atoms with van der Waals surface area (Å²) in [4.78, 5) is 13.3. The summed E-state index contributed by atoms with van der Waals surface area (Å²) in [5.41, 5.74) is 2.52. The van der Waals surface area contributed by atoms with Crippen molar-refractivity contribution in [1.29, 1.82) is 0 Å². The van der Waals surface area contributed by atoms with Gasteiger partial charge in [-0.05, 0) is 49.6 Å². The number of carbonyl (C=O) groups excluding carboxylic acids is 1. The lowest BCUT2D eigenvalue weighted by atomic mass is 10.1. The first-order chi connectivity index (χ1) is 15.9. The van der Waals surface area contributed by atoms with Crippen molar-refractivity contribution in [3.63, 3.8) is 0 Å². The van der Waals surface area contributed by atoms with Crippen molar-refractivity contribution in [2.45, 2.75) is 37.3 Å². The van der Waals surface area contributed by atoms with E-state index in [1.54, 1.807) is 42.5 Å². The number of nitrogens with one attached hydrogen (secondary N) is 1. The lowest BCUT2D eigenvalue weighted by molar-refractivity contribution is 0.0919. The first-order valence-electron chi connectivity index (χ1n) is 11.1. The molecule has 0 atom stereocenters. The molecule has 1 amide bonds. The standard InChI is InChI=1S/C26H28N2O4S/c1-20-11-13-23(14-12-20)33(30,31)28-17-15-22(16-18-28)27-26(29)24-9-5-6-10-25(24)32-19-21-7-3-2-4-8-21/h2-14,22H,15-19H2,1H3,(H,27,29). The molecule has 1 fully saturated rings. The number of piperidine rings is 1. The molecule has 0 radical (unpaired) electrons. The van der Waals surface area contributed by atoms with Crippen molar-refractivity contribution >= 4 is 15.9 Å². The molecule has 0 aliphatic carbocycles. The molecule has 3 aromatic carbocycles. The van der Waals surface area contributed by atoms with Crippen LogP contribution in [0.1, 0.15) is 34.3 Å². The fraction of sp³-hybridized carbons (Fsp3) is 0.269. The van der Waals surface area contributed by atoms with Gasteiger partial charge in [0.25, 0.3) is 5.91 Å². The Labute approximate surface area is 195 Å². The maximum absolute atomic E-state index is 13.0. The van der Waals surface area contributed by atoms with Gasteiger partial charge in [0.1, 0.15) is 12.4 Å². The van der Waals surface area contributed by atoms with Gasteiger partial charge in [-0.1, -0.05) is 60.2 Å². The first kappa shape index (κ1) is 23.0. The largest absolute Gasteiger partial charge is 0.488 e. The fourth-order valence-electron chi connectivity index (χ4n) is 3.88. The zero-order valence-corrected chi connectivity index (χ0v) is 19.4. The summed E-state index contributed by atoms with van der Waals surface area (Å²) in [7, 11) is -3.52. The van der Waals surface area contributed by atoms with E-state index in [0.717, 1.165) is 11.1 Å². The molecule has 1 N–H and O–H groups in total. The Morgan fingerprint density at radius 2 is 1.58 bits per heavy atom. The highest BCUT2D eigenvalue weighted by Crippen LogP contribution is 2.23. The number of amides is 1. The number of ether oxygens (including phenoxy) is 1. The predicted molar refractivity (Wildman–Crippen MR) is 128 cm³/mol. The van der Waals surface area contributed by atoms with Crippen LogP contribution in [0.5, 0.6) is 5.75 Å².